The Balaban J connectivity index is 0.00000159. The fourth-order valence-corrected chi connectivity index (χ4v) is 4.59. The maximum Gasteiger partial charge on any atom is 0.255 e. The number of benzene rings is 2. The van der Waals surface area contributed by atoms with Crippen molar-refractivity contribution in [3.05, 3.63) is 72.3 Å². The number of aliphatic hydroxyl groups excluding tert-OH is 1. The zero-order chi connectivity index (χ0) is 27.3. The number of carbonyl (C=O) groups excluding carboxylic acids is 2. The molecule has 8 heteroatoms. The van der Waals surface area contributed by atoms with Crippen molar-refractivity contribution in [1.29, 1.82) is 0 Å². The standard InChI is InChI=1S/C22H28N4O2S.C3H6.C2H6.CH2O/c1-2-24-14-20-19(11-12-27)25-21(29-20)13-15-7-9-16(10-8-15)22(28)26-18-6-4-3-5-17(18)23;1-3-2;2*1-2/h3-10,19-20,24,27H,2,11-14,23H2,1H3,(H,26,28);3H,1H2,2H3;1-2H3;1H2. The Bertz CT molecular complexity index is 919. The number of anilines is 2. The Kier molecular flexibility index (Phi) is 18.6. The average molecular weight is 515 g/mol. The van der Waals surface area contributed by atoms with Crippen molar-refractivity contribution < 1.29 is 14.7 Å². The molecule has 0 spiro atoms. The normalized spacial score (nSPS) is 15.5. The molecule has 0 saturated carbocycles. The van der Waals surface area contributed by atoms with Crippen LogP contribution in [0.2, 0.25) is 0 Å². The quantitative estimate of drug-likeness (QED) is 0.277. The molecule has 1 aliphatic heterocycles. The first kappa shape index (κ1) is 33.1. The van der Waals surface area contributed by atoms with Crippen LogP contribution in [-0.2, 0) is 11.2 Å². The number of para-hydroxylation sites is 2. The third-order valence-electron chi connectivity index (χ3n) is 4.83. The van der Waals surface area contributed by atoms with Gasteiger partial charge in [0.2, 0.25) is 0 Å². The summed E-state index contributed by atoms with van der Waals surface area (Å²) in [7, 11) is 0. The van der Waals surface area contributed by atoms with E-state index in [2.05, 4.69) is 24.1 Å². The van der Waals surface area contributed by atoms with E-state index in [0.717, 1.165) is 30.1 Å². The number of rotatable bonds is 9. The van der Waals surface area contributed by atoms with Gasteiger partial charge < -0.3 is 26.3 Å². The van der Waals surface area contributed by atoms with Gasteiger partial charge in [0.1, 0.15) is 6.79 Å². The fourth-order valence-electron chi connectivity index (χ4n) is 3.24. The van der Waals surface area contributed by atoms with Gasteiger partial charge >= 0.3 is 0 Å². The first-order chi connectivity index (χ1) is 17.5. The van der Waals surface area contributed by atoms with Gasteiger partial charge in [0.25, 0.3) is 5.91 Å². The first-order valence-corrected chi connectivity index (χ1v) is 13.1. The molecule has 2 aromatic rings. The molecule has 36 heavy (non-hydrogen) atoms. The molecule has 2 atom stereocenters. The SMILES string of the molecule is C=CC.C=O.CC.CCNCC1SC(Cc2ccc(C(=O)Nc3ccccc3N)cc2)=NC1CCO. The maximum atomic E-state index is 12.5. The molecule has 0 radical (unpaired) electrons. The Morgan fingerprint density at radius 1 is 1.17 bits per heavy atom. The number of nitrogen functional groups attached to an aromatic ring is 1. The van der Waals surface area contributed by atoms with Gasteiger partial charge in [-0.05, 0) is 49.7 Å². The van der Waals surface area contributed by atoms with Crippen molar-refractivity contribution >= 4 is 40.9 Å². The minimum Gasteiger partial charge on any atom is -0.397 e. The van der Waals surface area contributed by atoms with Crippen LogP contribution >= 0.6 is 11.8 Å². The third kappa shape index (κ3) is 11.7. The lowest BCUT2D eigenvalue weighted by atomic mass is 10.1. The van der Waals surface area contributed by atoms with Crippen LogP contribution in [-0.4, -0.2) is 53.8 Å². The molecule has 0 aromatic heterocycles. The van der Waals surface area contributed by atoms with Gasteiger partial charge in [-0.15, -0.1) is 18.3 Å². The topological polar surface area (TPSA) is 117 Å². The summed E-state index contributed by atoms with van der Waals surface area (Å²) in [6.07, 6.45) is 3.18. The van der Waals surface area contributed by atoms with E-state index >= 15 is 0 Å². The second-order valence-corrected chi connectivity index (χ2v) is 8.70. The lowest BCUT2D eigenvalue weighted by Crippen LogP contribution is -2.31. The van der Waals surface area contributed by atoms with Crippen LogP contribution in [0, 0.1) is 0 Å². The number of aliphatic imine (C=N–C) groups is 1. The maximum absolute atomic E-state index is 12.5. The molecule has 1 heterocycles. The highest BCUT2D eigenvalue weighted by Crippen LogP contribution is 2.30. The molecule has 0 aliphatic carbocycles. The number of allylic oxidation sites excluding steroid dienone is 1. The van der Waals surface area contributed by atoms with Crippen LogP contribution in [0.4, 0.5) is 11.4 Å². The summed E-state index contributed by atoms with van der Waals surface area (Å²) in [5, 5.41) is 17.0. The minimum absolute atomic E-state index is 0.153. The minimum atomic E-state index is -0.184. The van der Waals surface area contributed by atoms with E-state index in [0.29, 0.717) is 28.6 Å². The Morgan fingerprint density at radius 3 is 2.33 bits per heavy atom. The largest absolute Gasteiger partial charge is 0.397 e. The zero-order valence-corrected chi connectivity index (χ0v) is 22.8. The van der Waals surface area contributed by atoms with E-state index in [9.17, 15) is 9.90 Å². The lowest BCUT2D eigenvalue weighted by Gasteiger charge is -2.16. The van der Waals surface area contributed by atoms with Crippen molar-refractivity contribution in [3.8, 4) is 0 Å². The molecule has 0 saturated heterocycles. The van der Waals surface area contributed by atoms with Crippen molar-refractivity contribution in [3.63, 3.8) is 0 Å². The van der Waals surface area contributed by atoms with Gasteiger partial charge in [-0.3, -0.25) is 9.79 Å². The van der Waals surface area contributed by atoms with E-state index in [1.165, 1.54) is 0 Å². The highest BCUT2D eigenvalue weighted by atomic mass is 32.2. The summed E-state index contributed by atoms with van der Waals surface area (Å²) in [4.78, 5) is 25.3. The van der Waals surface area contributed by atoms with E-state index in [1.54, 1.807) is 30.0 Å². The average Bonchev–Trinajstić information content (AvgIpc) is 3.28. The van der Waals surface area contributed by atoms with Gasteiger partial charge in [0.05, 0.1) is 22.5 Å². The number of thioether (sulfide) groups is 1. The highest BCUT2D eigenvalue weighted by molar-refractivity contribution is 8.14. The predicted molar refractivity (Wildman–Crippen MR) is 156 cm³/mol. The molecule has 198 valence electrons. The van der Waals surface area contributed by atoms with Crippen molar-refractivity contribution in [2.24, 2.45) is 4.99 Å². The molecule has 1 aliphatic rings. The number of hydrogen-bond acceptors (Lipinski definition) is 7. The third-order valence-corrected chi connectivity index (χ3v) is 6.13. The molecule has 0 fully saturated rings. The summed E-state index contributed by atoms with van der Waals surface area (Å²) in [5.74, 6) is -0.184. The molecule has 7 nitrogen and oxygen atoms in total. The molecule has 1 amide bonds. The Morgan fingerprint density at radius 2 is 1.78 bits per heavy atom. The number of nitrogens with zero attached hydrogens (tertiary/aromatic N) is 1. The molecular weight excluding hydrogens is 472 g/mol. The second kappa shape index (κ2) is 20.3. The van der Waals surface area contributed by atoms with E-state index in [-0.39, 0.29) is 18.6 Å². The summed E-state index contributed by atoms with van der Waals surface area (Å²) in [6.45, 7) is 15.3. The summed E-state index contributed by atoms with van der Waals surface area (Å²) in [6, 6.07) is 14.9. The molecule has 3 rings (SSSR count). The number of aliphatic hydroxyl groups is 1. The molecular formula is C28H42N4O3S. The Labute approximate surface area is 220 Å². The summed E-state index contributed by atoms with van der Waals surface area (Å²) in [5.41, 5.74) is 8.73. The van der Waals surface area contributed by atoms with Gasteiger partial charge in [-0.2, -0.15) is 0 Å². The fraction of sp³-hybridized carbons (Fsp3) is 0.393. The number of nitrogens with two attached hydrogens (primary N) is 1. The van der Waals surface area contributed by atoms with Crippen molar-refractivity contribution in [2.45, 2.75) is 51.8 Å². The summed E-state index contributed by atoms with van der Waals surface area (Å²) < 4.78 is 0. The highest BCUT2D eigenvalue weighted by Gasteiger charge is 2.29. The van der Waals surface area contributed by atoms with Crippen LogP contribution in [0.3, 0.4) is 0 Å². The number of hydrogen-bond donors (Lipinski definition) is 4. The predicted octanol–water partition coefficient (Wildman–Crippen LogP) is 4.97. The molecule has 2 aromatic carbocycles. The van der Waals surface area contributed by atoms with Crippen molar-refractivity contribution in [1.82, 2.24) is 5.32 Å². The number of carbonyl (C=O) groups is 2. The number of nitrogens with one attached hydrogen (secondary N) is 2. The zero-order valence-electron chi connectivity index (χ0n) is 22.0. The summed E-state index contributed by atoms with van der Waals surface area (Å²) >= 11 is 1.79. The van der Waals surface area contributed by atoms with Gasteiger partial charge in [0.15, 0.2) is 0 Å². The van der Waals surface area contributed by atoms with Crippen LogP contribution in [0.1, 0.15) is 50.0 Å². The van der Waals surface area contributed by atoms with Crippen LogP contribution < -0.4 is 16.4 Å². The first-order valence-electron chi connectivity index (χ1n) is 12.2. The second-order valence-electron chi connectivity index (χ2n) is 7.39. The van der Waals surface area contributed by atoms with Gasteiger partial charge in [-0.1, -0.05) is 51.1 Å². The van der Waals surface area contributed by atoms with E-state index in [4.69, 9.17) is 15.5 Å². The van der Waals surface area contributed by atoms with Crippen molar-refractivity contribution in [2.75, 3.05) is 30.7 Å². The van der Waals surface area contributed by atoms with Crippen LogP contribution in [0.25, 0.3) is 0 Å². The van der Waals surface area contributed by atoms with Gasteiger partial charge in [0, 0.05) is 30.4 Å². The lowest BCUT2D eigenvalue weighted by molar-refractivity contribution is -0.0980. The van der Waals surface area contributed by atoms with E-state index < -0.39 is 0 Å². The molecule has 0 bridgehead atoms. The van der Waals surface area contributed by atoms with Crippen LogP contribution in [0.15, 0.2) is 66.2 Å². The number of amides is 1. The smallest absolute Gasteiger partial charge is 0.255 e. The van der Waals surface area contributed by atoms with E-state index in [1.807, 2.05) is 64.0 Å². The molecule has 2 unspecified atom stereocenters. The monoisotopic (exact) mass is 514 g/mol. The molecule has 5 N–H and O–H groups in total. The van der Waals surface area contributed by atoms with Gasteiger partial charge in [-0.25, -0.2) is 0 Å². The van der Waals surface area contributed by atoms with Crippen LogP contribution in [0.5, 0.6) is 0 Å². The Hall–Kier alpha value is -2.94.